The topological polar surface area (TPSA) is 12.0 Å². The van der Waals surface area contributed by atoms with Crippen molar-refractivity contribution in [2.75, 3.05) is 5.32 Å². The van der Waals surface area contributed by atoms with Crippen LogP contribution in [0.1, 0.15) is 16.7 Å². The van der Waals surface area contributed by atoms with E-state index in [0.29, 0.717) is 0 Å². The van der Waals surface area contributed by atoms with Crippen molar-refractivity contribution in [1.82, 2.24) is 0 Å². The van der Waals surface area contributed by atoms with E-state index < -0.39 is 0 Å². The van der Waals surface area contributed by atoms with Crippen LogP contribution in [0.15, 0.2) is 42.5 Å². The van der Waals surface area contributed by atoms with Crippen molar-refractivity contribution in [2.24, 2.45) is 0 Å². The normalized spacial score (nSPS) is 10.3. The molecule has 0 saturated carbocycles. The summed E-state index contributed by atoms with van der Waals surface area (Å²) in [6.07, 6.45) is 0. The molecular weight excluding hydrogens is 321 g/mol. The largest absolute Gasteiger partial charge is 0.381 e. The van der Waals surface area contributed by atoms with Crippen molar-refractivity contribution in [1.29, 1.82) is 0 Å². The van der Waals surface area contributed by atoms with Crippen molar-refractivity contribution >= 4 is 28.3 Å². The SMILES string of the molecule is Cc1cc(C)cc(NCc2ccc(I)cc2)c1. The van der Waals surface area contributed by atoms with E-state index in [1.807, 2.05) is 0 Å². The molecule has 0 aliphatic carbocycles. The van der Waals surface area contributed by atoms with Crippen LogP contribution in [0.4, 0.5) is 5.69 Å². The summed E-state index contributed by atoms with van der Waals surface area (Å²) in [6, 6.07) is 15.2. The lowest BCUT2D eigenvalue weighted by atomic mass is 10.1. The van der Waals surface area contributed by atoms with E-state index in [2.05, 4.69) is 84.2 Å². The average Bonchev–Trinajstić information content (AvgIpc) is 2.27. The van der Waals surface area contributed by atoms with Crippen LogP contribution in [-0.4, -0.2) is 0 Å². The predicted molar refractivity (Wildman–Crippen MR) is 82.4 cm³/mol. The molecule has 0 aliphatic heterocycles. The van der Waals surface area contributed by atoms with E-state index in [-0.39, 0.29) is 0 Å². The van der Waals surface area contributed by atoms with Gasteiger partial charge in [0.1, 0.15) is 0 Å². The third-order valence-corrected chi connectivity index (χ3v) is 3.35. The molecule has 0 radical (unpaired) electrons. The summed E-state index contributed by atoms with van der Waals surface area (Å²) >= 11 is 2.32. The highest BCUT2D eigenvalue weighted by Crippen LogP contribution is 2.15. The van der Waals surface area contributed by atoms with Gasteiger partial charge in [0.05, 0.1) is 0 Å². The smallest absolute Gasteiger partial charge is 0.0400 e. The maximum Gasteiger partial charge on any atom is 0.0400 e. The third-order valence-electron chi connectivity index (χ3n) is 2.63. The summed E-state index contributed by atoms with van der Waals surface area (Å²) in [7, 11) is 0. The molecule has 1 N–H and O–H groups in total. The zero-order valence-electron chi connectivity index (χ0n) is 10.1. The molecule has 0 aliphatic rings. The number of anilines is 1. The van der Waals surface area contributed by atoms with Crippen LogP contribution < -0.4 is 5.32 Å². The maximum atomic E-state index is 3.46. The Morgan fingerprint density at radius 1 is 0.941 bits per heavy atom. The summed E-state index contributed by atoms with van der Waals surface area (Å²) in [5.41, 5.74) is 5.11. The monoisotopic (exact) mass is 337 g/mol. The van der Waals surface area contributed by atoms with Crippen LogP contribution in [0.2, 0.25) is 0 Å². The zero-order valence-corrected chi connectivity index (χ0v) is 12.3. The van der Waals surface area contributed by atoms with E-state index in [1.165, 1.54) is 25.9 Å². The first-order chi connectivity index (χ1) is 8.13. The van der Waals surface area contributed by atoms with Gasteiger partial charge in [-0.1, -0.05) is 18.2 Å². The molecule has 0 fully saturated rings. The Hall–Kier alpha value is -1.03. The van der Waals surface area contributed by atoms with Gasteiger partial charge in [-0.25, -0.2) is 0 Å². The first kappa shape index (κ1) is 12.4. The lowest BCUT2D eigenvalue weighted by Gasteiger charge is -2.08. The van der Waals surface area contributed by atoms with Crippen molar-refractivity contribution in [2.45, 2.75) is 20.4 Å². The van der Waals surface area contributed by atoms with Gasteiger partial charge in [0.2, 0.25) is 0 Å². The van der Waals surface area contributed by atoms with E-state index in [4.69, 9.17) is 0 Å². The van der Waals surface area contributed by atoms with E-state index in [1.54, 1.807) is 0 Å². The Morgan fingerprint density at radius 2 is 1.53 bits per heavy atom. The van der Waals surface area contributed by atoms with Gasteiger partial charge in [0.15, 0.2) is 0 Å². The Labute approximate surface area is 116 Å². The van der Waals surface area contributed by atoms with Crippen molar-refractivity contribution in [3.05, 3.63) is 62.7 Å². The van der Waals surface area contributed by atoms with Crippen molar-refractivity contribution in [3.63, 3.8) is 0 Å². The highest BCUT2D eigenvalue weighted by molar-refractivity contribution is 14.1. The summed E-state index contributed by atoms with van der Waals surface area (Å²) in [5, 5.41) is 3.46. The van der Waals surface area contributed by atoms with Crippen molar-refractivity contribution < 1.29 is 0 Å². The predicted octanol–water partition coefficient (Wildman–Crippen LogP) is 4.52. The average molecular weight is 337 g/mol. The summed E-state index contributed by atoms with van der Waals surface area (Å²) in [5.74, 6) is 0. The van der Waals surface area contributed by atoms with Gasteiger partial charge in [-0.05, 0) is 77.4 Å². The molecule has 0 saturated heterocycles. The molecule has 0 bridgehead atoms. The number of nitrogens with one attached hydrogen (secondary N) is 1. The van der Waals surface area contributed by atoms with Crippen LogP contribution in [0.25, 0.3) is 0 Å². The second-order valence-corrected chi connectivity index (χ2v) is 5.60. The van der Waals surface area contributed by atoms with Crippen LogP contribution in [0.5, 0.6) is 0 Å². The molecule has 0 amide bonds. The number of benzene rings is 2. The fourth-order valence-corrected chi connectivity index (χ4v) is 2.24. The molecule has 17 heavy (non-hydrogen) atoms. The van der Waals surface area contributed by atoms with Gasteiger partial charge in [0.25, 0.3) is 0 Å². The number of halogens is 1. The minimum absolute atomic E-state index is 0.875. The second kappa shape index (κ2) is 5.54. The minimum atomic E-state index is 0.875. The minimum Gasteiger partial charge on any atom is -0.381 e. The molecule has 0 heterocycles. The number of hydrogen-bond donors (Lipinski definition) is 1. The lowest BCUT2D eigenvalue weighted by Crippen LogP contribution is -1.99. The molecule has 2 aromatic rings. The molecule has 88 valence electrons. The van der Waals surface area contributed by atoms with Gasteiger partial charge >= 0.3 is 0 Å². The van der Waals surface area contributed by atoms with Crippen molar-refractivity contribution in [3.8, 4) is 0 Å². The summed E-state index contributed by atoms with van der Waals surface area (Å²) in [6.45, 7) is 5.13. The summed E-state index contributed by atoms with van der Waals surface area (Å²) < 4.78 is 1.28. The molecule has 2 rings (SSSR count). The molecule has 1 nitrogen and oxygen atoms in total. The number of hydrogen-bond acceptors (Lipinski definition) is 1. The third kappa shape index (κ3) is 3.73. The Morgan fingerprint density at radius 3 is 2.12 bits per heavy atom. The van der Waals surface area contributed by atoms with Gasteiger partial charge in [-0.15, -0.1) is 0 Å². The van der Waals surface area contributed by atoms with E-state index >= 15 is 0 Å². The van der Waals surface area contributed by atoms with Gasteiger partial charge in [0, 0.05) is 15.8 Å². The van der Waals surface area contributed by atoms with Gasteiger partial charge < -0.3 is 5.32 Å². The summed E-state index contributed by atoms with van der Waals surface area (Å²) in [4.78, 5) is 0. The quantitative estimate of drug-likeness (QED) is 0.812. The Kier molecular flexibility index (Phi) is 4.05. The first-order valence-electron chi connectivity index (χ1n) is 5.70. The molecule has 0 spiro atoms. The number of aryl methyl sites for hydroxylation is 2. The Bertz CT molecular complexity index is 483. The zero-order chi connectivity index (χ0) is 12.3. The highest BCUT2D eigenvalue weighted by Gasteiger charge is 1.96. The number of rotatable bonds is 3. The second-order valence-electron chi connectivity index (χ2n) is 4.36. The molecular formula is C15H16IN. The Balaban J connectivity index is 2.04. The van der Waals surface area contributed by atoms with Crippen LogP contribution in [-0.2, 0) is 6.54 Å². The molecule has 2 aromatic carbocycles. The lowest BCUT2D eigenvalue weighted by molar-refractivity contribution is 1.14. The molecule has 0 unspecified atom stereocenters. The molecule has 0 aromatic heterocycles. The first-order valence-corrected chi connectivity index (χ1v) is 6.78. The van der Waals surface area contributed by atoms with Gasteiger partial charge in [-0.2, -0.15) is 0 Å². The van der Waals surface area contributed by atoms with E-state index in [9.17, 15) is 0 Å². The maximum absolute atomic E-state index is 3.46. The fraction of sp³-hybridized carbons (Fsp3) is 0.200. The van der Waals surface area contributed by atoms with Crippen LogP contribution in [0, 0.1) is 17.4 Å². The fourth-order valence-electron chi connectivity index (χ4n) is 1.88. The standard InChI is InChI=1S/C15H16IN/c1-11-7-12(2)9-15(8-11)17-10-13-3-5-14(16)6-4-13/h3-9,17H,10H2,1-2H3. The molecule has 2 heteroatoms. The van der Waals surface area contributed by atoms with E-state index in [0.717, 1.165) is 6.54 Å². The molecule has 0 atom stereocenters. The van der Waals surface area contributed by atoms with Crippen LogP contribution in [0.3, 0.4) is 0 Å². The van der Waals surface area contributed by atoms with Crippen LogP contribution >= 0.6 is 22.6 Å². The van der Waals surface area contributed by atoms with Gasteiger partial charge in [-0.3, -0.25) is 0 Å². The highest BCUT2D eigenvalue weighted by atomic mass is 127.